The summed E-state index contributed by atoms with van der Waals surface area (Å²) >= 11 is 0. The molecule has 0 bridgehead atoms. The van der Waals surface area contributed by atoms with Crippen LogP contribution in [-0.2, 0) is 4.79 Å². The number of ether oxygens (including phenoxy) is 1. The van der Waals surface area contributed by atoms with Gasteiger partial charge in [-0.3, -0.25) is 24.0 Å². The molecule has 356 valence electrons. The smallest absolute Gasteiger partial charge is 0.335 e. The molecule has 0 aliphatic carbocycles. The lowest BCUT2D eigenvalue weighted by Crippen LogP contribution is -2.27. The van der Waals surface area contributed by atoms with Crippen LogP contribution in [0.25, 0.3) is 97.6 Å². The van der Waals surface area contributed by atoms with E-state index in [1.54, 1.807) is 36.4 Å². The molecule has 0 atom stereocenters. The molecule has 0 unspecified atom stereocenters. The molecular weight excluding hydrogens is 901 g/mol. The topological polar surface area (TPSA) is 142 Å². The molecule has 11 rings (SSSR count). The average Bonchev–Trinajstić information content (AvgIpc) is 3.72. The van der Waals surface area contributed by atoms with Crippen LogP contribution in [0.15, 0.2) is 141 Å². The molecule has 2 heterocycles. The molecule has 0 amide bonds. The van der Waals surface area contributed by atoms with E-state index < -0.39 is 28.2 Å². The monoisotopic (exact) mass is 950 g/mol. The first-order chi connectivity index (χ1) is 34.4. The first-order valence-electron chi connectivity index (χ1n) is 24.3. The third kappa shape index (κ3) is 7.23. The van der Waals surface area contributed by atoms with Crippen LogP contribution in [-0.4, -0.2) is 26.7 Å². The van der Waals surface area contributed by atoms with Gasteiger partial charge in [-0.25, -0.2) is 13.9 Å². The Labute approximate surface area is 412 Å². The molecule has 72 heavy (non-hydrogen) atoms. The lowest BCUT2D eigenvalue weighted by Gasteiger charge is -2.20. The van der Waals surface area contributed by atoms with Gasteiger partial charge in [-0.2, -0.15) is 0 Å². The maximum atomic E-state index is 14.4. The molecule has 0 spiro atoms. The van der Waals surface area contributed by atoms with E-state index in [9.17, 15) is 33.9 Å². The molecule has 0 aliphatic heterocycles. The highest BCUT2D eigenvalue weighted by Gasteiger charge is 2.27. The van der Waals surface area contributed by atoms with Crippen molar-refractivity contribution < 1.29 is 19.4 Å². The van der Waals surface area contributed by atoms with Gasteiger partial charge in [-0.1, -0.05) is 79.7 Å². The van der Waals surface area contributed by atoms with Crippen LogP contribution >= 0.6 is 0 Å². The molecular formula is C62H50N2O8. The number of hydrogen-bond acceptors (Lipinski definition) is 7. The maximum Gasteiger partial charge on any atom is 0.335 e. The van der Waals surface area contributed by atoms with E-state index in [0.717, 1.165) is 75.8 Å². The van der Waals surface area contributed by atoms with Crippen molar-refractivity contribution in [3.8, 4) is 17.1 Å². The van der Waals surface area contributed by atoms with Crippen LogP contribution in [0.3, 0.4) is 0 Å². The highest BCUT2D eigenvalue weighted by molar-refractivity contribution is 6.10. The maximum absolute atomic E-state index is 14.4. The van der Waals surface area contributed by atoms with Crippen molar-refractivity contribution in [1.29, 1.82) is 0 Å². The number of rotatable bonds is 9. The molecule has 10 heteroatoms. The van der Waals surface area contributed by atoms with Crippen LogP contribution in [0.2, 0.25) is 0 Å². The van der Waals surface area contributed by atoms with Crippen molar-refractivity contribution in [2.75, 3.05) is 0 Å². The van der Waals surface area contributed by atoms with E-state index >= 15 is 0 Å². The molecule has 0 fully saturated rings. The molecule has 9 aromatic carbocycles. The third-order valence-electron chi connectivity index (χ3n) is 14.6. The standard InChI is InChI=1S/C62H50N2O8/c1-30(2)48-25-46(62(70)71)26-49(31(3)4)56(48)63-58(66)52-21-42-17-38-13-34-9-11-36-15-40-19-44-23-54-55(61(69)64(60(54)68)57-50(32(5)6)27-47(72-29-65)28-51(57)33(7)8)24-45(44)20-41(40)16-37(36)12-10-35(34)14-39(38)18-43(42)22-53(52)59(63)67/h9-33H,1-8H3,(H,70,71). The first-order valence-corrected chi connectivity index (χ1v) is 24.3. The second kappa shape index (κ2) is 16.8. The van der Waals surface area contributed by atoms with Crippen LogP contribution < -0.4 is 27.0 Å². The van der Waals surface area contributed by atoms with Gasteiger partial charge in [0.25, 0.3) is 28.7 Å². The number of aromatic nitrogens is 2. The predicted molar refractivity (Wildman–Crippen MR) is 291 cm³/mol. The fraction of sp³-hybridized carbons (Fsp3) is 0.194. The van der Waals surface area contributed by atoms with Crippen molar-refractivity contribution in [3.63, 3.8) is 0 Å². The van der Waals surface area contributed by atoms with Crippen LogP contribution in [0, 0.1) is 0 Å². The molecule has 10 nitrogen and oxygen atoms in total. The number of nitrogens with zero attached hydrogens (tertiary/aromatic N) is 2. The van der Waals surface area contributed by atoms with Gasteiger partial charge in [-0.15, -0.1) is 0 Å². The quantitative estimate of drug-likeness (QED) is 0.111. The summed E-state index contributed by atoms with van der Waals surface area (Å²) in [4.78, 5) is 80.8. The highest BCUT2D eigenvalue weighted by Crippen LogP contribution is 2.37. The van der Waals surface area contributed by atoms with Crippen molar-refractivity contribution in [1.82, 2.24) is 9.13 Å². The van der Waals surface area contributed by atoms with Crippen LogP contribution in [0.4, 0.5) is 0 Å². The van der Waals surface area contributed by atoms with Crippen molar-refractivity contribution in [3.05, 3.63) is 191 Å². The fourth-order valence-corrected chi connectivity index (χ4v) is 10.8. The Morgan fingerprint density at radius 3 is 0.903 bits per heavy atom. The number of carboxylic acid groups (broad SMARTS) is 1. The summed E-state index contributed by atoms with van der Waals surface area (Å²) in [6.45, 7) is 16.0. The molecule has 1 N–H and O–H groups in total. The summed E-state index contributed by atoms with van der Waals surface area (Å²) in [5.74, 6) is -1.17. The van der Waals surface area contributed by atoms with Gasteiger partial charge in [0, 0.05) is 0 Å². The van der Waals surface area contributed by atoms with E-state index in [1.165, 1.54) is 9.13 Å². The van der Waals surface area contributed by atoms with Gasteiger partial charge in [-0.05, 0) is 208 Å². The Kier molecular flexibility index (Phi) is 10.7. The van der Waals surface area contributed by atoms with Gasteiger partial charge in [0.15, 0.2) is 0 Å². The Morgan fingerprint density at radius 1 is 0.403 bits per heavy atom. The number of fused-ring (bicyclic) bond motifs is 8. The zero-order valence-corrected chi connectivity index (χ0v) is 41.1. The normalized spacial score (nSPS) is 12.2. The summed E-state index contributed by atoms with van der Waals surface area (Å²) in [5, 5.41) is 22.4. The van der Waals surface area contributed by atoms with Gasteiger partial charge < -0.3 is 9.84 Å². The summed E-state index contributed by atoms with van der Waals surface area (Å²) in [6.07, 6.45) is 0. The van der Waals surface area contributed by atoms with Crippen molar-refractivity contribution in [2.45, 2.75) is 79.1 Å². The zero-order chi connectivity index (χ0) is 50.8. The average molecular weight is 951 g/mol. The fourth-order valence-electron chi connectivity index (χ4n) is 10.8. The highest BCUT2D eigenvalue weighted by atomic mass is 16.5. The SMILES string of the molecule is CC(C)c1cc(OC=O)cc(C(C)C)c1-n1c(=O)c2cc3cc4cc5ccc6cc7cc8cc9c(=O)n(-c%10c(C(C)C)cc(C(=O)O)cc%10C(C)C)c(=O)c9cc8cc7cc6ccc5cc4cc3cc2c1=O. The minimum Gasteiger partial charge on any atom is -0.478 e. The second-order valence-electron chi connectivity index (χ2n) is 20.5. The lowest BCUT2D eigenvalue weighted by atomic mass is 9.90. The molecule has 0 saturated heterocycles. The number of benzene rings is 8. The minimum absolute atomic E-state index is 0.0792. The van der Waals surface area contributed by atoms with E-state index in [-0.39, 0.29) is 29.2 Å². The minimum atomic E-state index is -1.07. The Bertz CT molecular complexity index is 4210. The molecule has 0 saturated carbocycles. The number of hydrogen-bond donors (Lipinski definition) is 1. The summed E-state index contributed by atoms with van der Waals surface area (Å²) in [7, 11) is 0. The number of aromatic carboxylic acids is 1. The van der Waals surface area contributed by atoms with Gasteiger partial charge >= 0.3 is 5.97 Å². The van der Waals surface area contributed by atoms with E-state index in [2.05, 4.69) is 72.8 Å². The second-order valence-corrected chi connectivity index (χ2v) is 20.5. The summed E-state index contributed by atoms with van der Waals surface area (Å²) in [5.41, 5.74) is 2.21. The van der Waals surface area contributed by atoms with Crippen LogP contribution in [0.5, 0.6) is 5.75 Å². The Balaban J connectivity index is 1.03. The first kappa shape index (κ1) is 45.9. The van der Waals surface area contributed by atoms with E-state index in [0.29, 0.717) is 56.3 Å². The molecule has 0 radical (unpaired) electrons. The summed E-state index contributed by atoms with van der Waals surface area (Å²) in [6, 6.07) is 39.0. The number of carboxylic acids is 1. The molecule has 0 aliphatic rings. The zero-order valence-electron chi connectivity index (χ0n) is 41.1. The number of carbonyl (C=O) groups is 2. The summed E-state index contributed by atoms with van der Waals surface area (Å²) < 4.78 is 7.79. The van der Waals surface area contributed by atoms with Gasteiger partial charge in [0.05, 0.1) is 38.5 Å². The van der Waals surface area contributed by atoms with Gasteiger partial charge in [0.2, 0.25) is 0 Å². The molecule has 2 aromatic heterocycles. The lowest BCUT2D eigenvalue weighted by molar-refractivity contribution is -0.120. The van der Waals surface area contributed by atoms with Gasteiger partial charge in [0.1, 0.15) is 5.75 Å². The van der Waals surface area contributed by atoms with Crippen LogP contribution in [0.1, 0.15) is 112 Å². The largest absolute Gasteiger partial charge is 0.478 e. The van der Waals surface area contributed by atoms with Crippen molar-refractivity contribution >= 4 is 98.6 Å². The predicted octanol–water partition coefficient (Wildman–Crippen LogP) is 13.1. The van der Waals surface area contributed by atoms with E-state index in [4.69, 9.17) is 4.74 Å². The number of carbonyl (C=O) groups excluding carboxylic acids is 1. The molecule has 11 aromatic rings. The van der Waals surface area contributed by atoms with E-state index in [1.807, 2.05) is 67.5 Å². The van der Waals surface area contributed by atoms with Crippen molar-refractivity contribution in [2.24, 2.45) is 0 Å². The Morgan fingerprint density at radius 2 is 0.653 bits per heavy atom. The Hall–Kier alpha value is -8.50. The third-order valence-corrected chi connectivity index (χ3v) is 14.6.